The van der Waals surface area contributed by atoms with Crippen molar-refractivity contribution in [3.05, 3.63) is 76.8 Å². The highest BCUT2D eigenvalue weighted by Gasteiger charge is 2.16. The van der Waals surface area contributed by atoms with Gasteiger partial charge in [0.05, 0.1) is 4.47 Å². The number of ether oxygens (including phenoxy) is 1. The molecule has 0 saturated heterocycles. The molecular weight excluding hydrogens is 432 g/mol. The quantitative estimate of drug-likeness (QED) is 0.532. The summed E-state index contributed by atoms with van der Waals surface area (Å²) in [5, 5.41) is 2.11. The smallest absolute Gasteiger partial charge is 0.260 e. The standard InChI is InChI=1S/C23H23BrN2O3/c24-23-19-9-5-4-8-18(19)10-11-20(23)29-16-22(28)26(15-13-21(25)27)14-12-17-6-2-1-3-7-17/h1-11H,12-16H2,(H2,25,27). The molecule has 29 heavy (non-hydrogen) atoms. The average molecular weight is 455 g/mol. The molecular formula is C23H23BrN2O3. The number of fused-ring (bicyclic) bond motifs is 1. The van der Waals surface area contributed by atoms with Crippen LogP contribution in [-0.2, 0) is 16.0 Å². The van der Waals surface area contributed by atoms with Crippen LogP contribution in [0.1, 0.15) is 12.0 Å². The van der Waals surface area contributed by atoms with E-state index in [4.69, 9.17) is 10.5 Å². The summed E-state index contributed by atoms with van der Waals surface area (Å²) in [7, 11) is 0. The molecule has 3 rings (SSSR count). The van der Waals surface area contributed by atoms with Crippen molar-refractivity contribution >= 4 is 38.5 Å². The maximum atomic E-state index is 12.8. The summed E-state index contributed by atoms with van der Waals surface area (Å²) < 4.78 is 6.61. The van der Waals surface area contributed by atoms with E-state index in [1.165, 1.54) is 0 Å². The minimum atomic E-state index is -0.430. The molecule has 0 aliphatic carbocycles. The van der Waals surface area contributed by atoms with Gasteiger partial charge in [-0.3, -0.25) is 9.59 Å². The van der Waals surface area contributed by atoms with Gasteiger partial charge in [-0.15, -0.1) is 0 Å². The lowest BCUT2D eigenvalue weighted by Crippen LogP contribution is -2.38. The first kappa shape index (κ1) is 20.9. The number of halogens is 1. The fourth-order valence-electron chi connectivity index (χ4n) is 3.07. The van der Waals surface area contributed by atoms with E-state index in [1.54, 1.807) is 4.90 Å². The zero-order valence-electron chi connectivity index (χ0n) is 16.0. The molecule has 0 bridgehead atoms. The summed E-state index contributed by atoms with van der Waals surface area (Å²) in [6.45, 7) is 0.673. The topological polar surface area (TPSA) is 72.6 Å². The second-order valence-corrected chi connectivity index (χ2v) is 7.51. The molecule has 0 saturated carbocycles. The summed E-state index contributed by atoms with van der Waals surface area (Å²) in [5.74, 6) is -0.00194. The molecule has 3 aromatic carbocycles. The Balaban J connectivity index is 1.65. The number of carbonyl (C=O) groups excluding carboxylic acids is 2. The SMILES string of the molecule is NC(=O)CCN(CCc1ccccc1)C(=O)COc1ccc2ccccc2c1Br. The van der Waals surface area contributed by atoms with E-state index in [0.29, 0.717) is 18.7 Å². The molecule has 0 spiro atoms. The van der Waals surface area contributed by atoms with Crippen molar-refractivity contribution in [2.75, 3.05) is 19.7 Å². The van der Waals surface area contributed by atoms with E-state index in [9.17, 15) is 9.59 Å². The number of benzene rings is 3. The molecule has 2 amide bonds. The zero-order valence-corrected chi connectivity index (χ0v) is 17.6. The van der Waals surface area contributed by atoms with E-state index in [2.05, 4.69) is 15.9 Å². The van der Waals surface area contributed by atoms with Gasteiger partial charge in [-0.1, -0.05) is 60.7 Å². The highest BCUT2D eigenvalue weighted by molar-refractivity contribution is 9.10. The van der Waals surface area contributed by atoms with Gasteiger partial charge in [0, 0.05) is 19.5 Å². The van der Waals surface area contributed by atoms with Crippen molar-refractivity contribution in [3.8, 4) is 5.75 Å². The van der Waals surface area contributed by atoms with Gasteiger partial charge in [0.25, 0.3) is 5.91 Å². The minimum Gasteiger partial charge on any atom is -0.483 e. The normalized spacial score (nSPS) is 10.7. The van der Waals surface area contributed by atoms with Crippen molar-refractivity contribution in [3.63, 3.8) is 0 Å². The summed E-state index contributed by atoms with van der Waals surface area (Å²) in [6.07, 6.45) is 0.825. The van der Waals surface area contributed by atoms with E-state index < -0.39 is 5.91 Å². The van der Waals surface area contributed by atoms with Gasteiger partial charge in [-0.2, -0.15) is 0 Å². The lowest BCUT2D eigenvalue weighted by Gasteiger charge is -2.22. The fraction of sp³-hybridized carbons (Fsp3) is 0.217. The first-order valence-corrected chi connectivity index (χ1v) is 10.2. The van der Waals surface area contributed by atoms with Gasteiger partial charge < -0.3 is 15.4 Å². The number of hydrogen-bond acceptors (Lipinski definition) is 3. The van der Waals surface area contributed by atoms with Crippen molar-refractivity contribution in [1.82, 2.24) is 4.90 Å². The monoisotopic (exact) mass is 454 g/mol. The highest BCUT2D eigenvalue weighted by atomic mass is 79.9. The van der Waals surface area contributed by atoms with Crippen LogP contribution >= 0.6 is 15.9 Å². The number of nitrogens with zero attached hydrogens (tertiary/aromatic N) is 1. The van der Waals surface area contributed by atoms with E-state index >= 15 is 0 Å². The molecule has 0 aliphatic heterocycles. The second-order valence-electron chi connectivity index (χ2n) is 6.72. The highest BCUT2D eigenvalue weighted by Crippen LogP contribution is 2.33. The molecule has 150 valence electrons. The third kappa shape index (κ3) is 5.81. The maximum Gasteiger partial charge on any atom is 0.260 e. The van der Waals surface area contributed by atoms with Crippen LogP contribution in [0.2, 0.25) is 0 Å². The van der Waals surface area contributed by atoms with Gasteiger partial charge in [0.2, 0.25) is 5.91 Å². The van der Waals surface area contributed by atoms with Crippen LogP contribution in [0.3, 0.4) is 0 Å². The Labute approximate surface area is 178 Å². The third-order valence-electron chi connectivity index (χ3n) is 4.67. The number of nitrogens with two attached hydrogens (primary N) is 1. The lowest BCUT2D eigenvalue weighted by molar-refractivity contribution is -0.133. The number of amides is 2. The minimum absolute atomic E-state index is 0.107. The lowest BCUT2D eigenvalue weighted by atomic mass is 10.1. The van der Waals surface area contributed by atoms with Crippen LogP contribution in [0.25, 0.3) is 10.8 Å². The number of carbonyl (C=O) groups is 2. The number of rotatable bonds is 9. The predicted molar refractivity (Wildman–Crippen MR) is 118 cm³/mol. The first-order chi connectivity index (χ1) is 14.0. The molecule has 2 N–H and O–H groups in total. The molecule has 0 aromatic heterocycles. The Morgan fingerprint density at radius 2 is 1.66 bits per heavy atom. The van der Waals surface area contributed by atoms with Gasteiger partial charge >= 0.3 is 0 Å². The largest absolute Gasteiger partial charge is 0.483 e. The van der Waals surface area contributed by atoms with Crippen LogP contribution < -0.4 is 10.5 Å². The van der Waals surface area contributed by atoms with Crippen molar-refractivity contribution in [1.29, 1.82) is 0 Å². The van der Waals surface area contributed by atoms with Crippen molar-refractivity contribution in [2.45, 2.75) is 12.8 Å². The molecule has 0 heterocycles. The summed E-state index contributed by atoms with van der Waals surface area (Å²) >= 11 is 3.57. The maximum absolute atomic E-state index is 12.8. The third-order valence-corrected chi connectivity index (χ3v) is 5.49. The number of primary amides is 1. The van der Waals surface area contributed by atoms with Crippen LogP contribution in [0.4, 0.5) is 0 Å². The zero-order chi connectivity index (χ0) is 20.6. The Morgan fingerprint density at radius 3 is 2.41 bits per heavy atom. The molecule has 0 fully saturated rings. The summed E-state index contributed by atoms with van der Waals surface area (Å²) in [4.78, 5) is 25.6. The molecule has 3 aromatic rings. The van der Waals surface area contributed by atoms with Gasteiger partial charge in [-0.05, 0) is 44.8 Å². The van der Waals surface area contributed by atoms with E-state index in [1.807, 2.05) is 66.7 Å². The van der Waals surface area contributed by atoms with E-state index in [-0.39, 0.29) is 25.5 Å². The Kier molecular flexibility index (Phi) is 7.25. The van der Waals surface area contributed by atoms with Crippen LogP contribution in [0.5, 0.6) is 5.75 Å². The Bertz CT molecular complexity index is 992. The molecule has 0 aliphatic rings. The second kappa shape index (κ2) is 10.1. The Morgan fingerprint density at radius 1 is 0.931 bits per heavy atom. The predicted octanol–water partition coefficient (Wildman–Crippen LogP) is 3.93. The van der Waals surface area contributed by atoms with E-state index in [0.717, 1.165) is 20.8 Å². The van der Waals surface area contributed by atoms with Gasteiger partial charge in [0.1, 0.15) is 5.75 Å². The molecule has 0 unspecified atom stereocenters. The summed E-state index contributed by atoms with van der Waals surface area (Å²) in [5.41, 5.74) is 6.40. The Hall–Kier alpha value is -2.86. The van der Waals surface area contributed by atoms with Crippen LogP contribution in [0.15, 0.2) is 71.2 Å². The van der Waals surface area contributed by atoms with Gasteiger partial charge in [-0.25, -0.2) is 0 Å². The van der Waals surface area contributed by atoms with Crippen LogP contribution in [0, 0.1) is 0 Å². The fourth-order valence-corrected chi connectivity index (χ4v) is 3.68. The van der Waals surface area contributed by atoms with Crippen molar-refractivity contribution < 1.29 is 14.3 Å². The average Bonchev–Trinajstić information content (AvgIpc) is 2.74. The molecule has 0 radical (unpaired) electrons. The van der Waals surface area contributed by atoms with Crippen LogP contribution in [-0.4, -0.2) is 36.4 Å². The number of hydrogen-bond donors (Lipinski definition) is 1. The van der Waals surface area contributed by atoms with Crippen molar-refractivity contribution in [2.24, 2.45) is 5.73 Å². The molecule has 0 atom stereocenters. The summed E-state index contributed by atoms with van der Waals surface area (Å²) in [6, 6.07) is 21.7. The molecule has 5 nitrogen and oxygen atoms in total. The molecule has 6 heteroatoms. The first-order valence-electron chi connectivity index (χ1n) is 9.44. The van der Waals surface area contributed by atoms with Gasteiger partial charge in [0.15, 0.2) is 6.61 Å².